The fourth-order valence-electron chi connectivity index (χ4n) is 2.48. The number of carbonyl (C=O) groups excluding carboxylic acids is 2. The van der Waals surface area contributed by atoms with E-state index in [9.17, 15) is 22.8 Å². The van der Waals surface area contributed by atoms with Crippen LogP contribution in [0.4, 0.5) is 18.9 Å². The number of rotatable bonds is 9. The van der Waals surface area contributed by atoms with Gasteiger partial charge in [-0.3, -0.25) is 14.5 Å². The molecule has 0 heterocycles. The molecule has 0 aliphatic rings. The lowest BCUT2D eigenvalue weighted by Crippen LogP contribution is -2.30. The van der Waals surface area contributed by atoms with Crippen molar-refractivity contribution in [2.24, 2.45) is 5.73 Å². The Labute approximate surface area is 170 Å². The molecule has 0 fully saturated rings. The number of primary amides is 1. The summed E-state index contributed by atoms with van der Waals surface area (Å²) in [5, 5.41) is 2.74. The molecule has 0 saturated heterocycles. The summed E-state index contributed by atoms with van der Waals surface area (Å²) >= 11 is 1.20. The van der Waals surface area contributed by atoms with E-state index in [0.717, 1.165) is 0 Å². The lowest BCUT2D eigenvalue weighted by atomic mass is 10.2. The summed E-state index contributed by atoms with van der Waals surface area (Å²) in [5.74, 6) is -1.06. The number of hydrogen-bond acceptors (Lipinski definition) is 5. The average molecular weight is 427 g/mol. The summed E-state index contributed by atoms with van der Waals surface area (Å²) in [6, 6.07) is 12.7. The van der Waals surface area contributed by atoms with Gasteiger partial charge in [0, 0.05) is 17.0 Å². The van der Waals surface area contributed by atoms with Gasteiger partial charge in [0.1, 0.15) is 5.75 Å². The third-order valence-corrected chi connectivity index (χ3v) is 4.68. The number of carbonyl (C=O) groups is 2. The Bertz CT molecular complexity index is 862. The predicted octanol–water partition coefficient (Wildman–Crippen LogP) is 3.23. The maximum atomic E-state index is 12.5. The van der Waals surface area contributed by atoms with E-state index in [1.165, 1.54) is 30.0 Å². The van der Waals surface area contributed by atoms with Crippen molar-refractivity contribution in [3.63, 3.8) is 0 Å². The second-order valence-corrected chi connectivity index (χ2v) is 7.14. The van der Waals surface area contributed by atoms with E-state index in [-0.39, 0.29) is 30.5 Å². The van der Waals surface area contributed by atoms with Gasteiger partial charge in [-0.1, -0.05) is 30.3 Å². The van der Waals surface area contributed by atoms with Gasteiger partial charge in [-0.05, 0) is 25.2 Å². The number of benzene rings is 2. The number of nitrogens with one attached hydrogen (secondary N) is 1. The molecule has 0 aliphatic heterocycles. The van der Waals surface area contributed by atoms with E-state index in [0.29, 0.717) is 16.1 Å². The quantitative estimate of drug-likeness (QED) is 0.601. The van der Waals surface area contributed by atoms with E-state index in [1.807, 2.05) is 0 Å². The van der Waals surface area contributed by atoms with Crippen LogP contribution in [0.15, 0.2) is 53.4 Å². The van der Waals surface area contributed by atoms with Crippen LogP contribution in [0, 0.1) is 0 Å². The van der Waals surface area contributed by atoms with Crippen molar-refractivity contribution in [2.45, 2.75) is 17.8 Å². The smallest absolute Gasteiger partial charge is 0.405 e. The number of likely N-dealkylation sites (N-methyl/N-ethyl adjacent to an activating group) is 1. The number of amides is 2. The van der Waals surface area contributed by atoms with Gasteiger partial charge in [0.05, 0.1) is 18.0 Å². The molecule has 29 heavy (non-hydrogen) atoms. The fourth-order valence-corrected chi connectivity index (χ4v) is 3.23. The van der Waals surface area contributed by atoms with Gasteiger partial charge in [0.15, 0.2) is 0 Å². The lowest BCUT2D eigenvalue weighted by Gasteiger charge is -2.19. The largest absolute Gasteiger partial charge is 0.573 e. The summed E-state index contributed by atoms with van der Waals surface area (Å²) in [6.45, 7) is 0.0208. The topological polar surface area (TPSA) is 84.7 Å². The van der Waals surface area contributed by atoms with Crippen LogP contribution in [0.25, 0.3) is 0 Å². The Hall–Kier alpha value is -2.72. The highest BCUT2D eigenvalue weighted by atomic mass is 32.2. The van der Waals surface area contributed by atoms with Gasteiger partial charge in [0.25, 0.3) is 0 Å². The summed E-state index contributed by atoms with van der Waals surface area (Å²) in [6.07, 6.45) is -4.79. The van der Waals surface area contributed by atoms with E-state index >= 15 is 0 Å². The van der Waals surface area contributed by atoms with E-state index in [2.05, 4.69) is 10.1 Å². The monoisotopic (exact) mass is 427 g/mol. The molecule has 2 aromatic rings. The molecule has 0 unspecified atom stereocenters. The Kier molecular flexibility index (Phi) is 7.91. The number of hydrogen-bond donors (Lipinski definition) is 2. The minimum atomic E-state index is -4.79. The molecule has 6 nitrogen and oxygen atoms in total. The van der Waals surface area contributed by atoms with Crippen molar-refractivity contribution in [2.75, 3.05) is 24.7 Å². The number of nitrogens with two attached hydrogens (primary N) is 1. The summed E-state index contributed by atoms with van der Waals surface area (Å²) < 4.78 is 41.6. The van der Waals surface area contributed by atoms with Gasteiger partial charge < -0.3 is 15.8 Å². The maximum Gasteiger partial charge on any atom is 0.573 e. The molecule has 2 amide bonds. The number of anilines is 1. The van der Waals surface area contributed by atoms with Crippen molar-refractivity contribution >= 4 is 29.3 Å². The third kappa shape index (κ3) is 8.04. The molecule has 0 aromatic heterocycles. The summed E-state index contributed by atoms with van der Waals surface area (Å²) in [5.41, 5.74) is 5.98. The predicted molar refractivity (Wildman–Crippen MR) is 104 cm³/mol. The van der Waals surface area contributed by atoms with Crippen LogP contribution < -0.4 is 15.8 Å². The molecule has 0 radical (unpaired) electrons. The number of nitrogens with zero attached hydrogens (tertiary/aromatic N) is 1. The lowest BCUT2D eigenvalue weighted by molar-refractivity contribution is -0.275. The molecular weight excluding hydrogens is 407 g/mol. The molecule has 3 N–H and O–H groups in total. The van der Waals surface area contributed by atoms with Crippen LogP contribution in [0.1, 0.15) is 5.56 Å². The van der Waals surface area contributed by atoms with Gasteiger partial charge in [-0.15, -0.1) is 24.9 Å². The van der Waals surface area contributed by atoms with Crippen LogP contribution in [-0.4, -0.2) is 42.4 Å². The SMILES string of the molecule is CN(CC(=O)Nc1ccccc1SCC(N)=O)Cc1ccccc1OC(F)(F)F. The maximum absolute atomic E-state index is 12.5. The van der Waals surface area contributed by atoms with Gasteiger partial charge in [-0.2, -0.15) is 0 Å². The second-order valence-electron chi connectivity index (χ2n) is 6.13. The standard InChI is InChI=1S/C19H20F3N3O3S/c1-25(10-13-6-2-4-8-15(13)28-19(20,21)22)11-18(27)24-14-7-3-5-9-16(14)29-12-17(23)26/h2-9H,10-12H2,1H3,(H2,23,26)(H,24,27). The normalized spacial score (nSPS) is 11.3. The first-order valence-electron chi connectivity index (χ1n) is 8.46. The highest BCUT2D eigenvalue weighted by Crippen LogP contribution is 2.28. The number of thioether (sulfide) groups is 1. The first kappa shape index (κ1) is 22.6. The molecule has 0 bridgehead atoms. The number of ether oxygens (including phenoxy) is 1. The second kappa shape index (κ2) is 10.2. The molecule has 10 heteroatoms. The van der Waals surface area contributed by atoms with Gasteiger partial charge in [0.2, 0.25) is 11.8 Å². The van der Waals surface area contributed by atoms with E-state index in [1.54, 1.807) is 42.3 Å². The Morgan fingerprint density at radius 2 is 1.79 bits per heavy atom. The highest BCUT2D eigenvalue weighted by Gasteiger charge is 2.32. The zero-order valence-electron chi connectivity index (χ0n) is 15.5. The third-order valence-electron chi connectivity index (χ3n) is 3.58. The van der Waals surface area contributed by atoms with Gasteiger partial charge >= 0.3 is 6.36 Å². The number of halogens is 3. The zero-order chi connectivity index (χ0) is 21.4. The van der Waals surface area contributed by atoms with Crippen molar-refractivity contribution in [3.8, 4) is 5.75 Å². The van der Waals surface area contributed by atoms with Crippen LogP contribution in [0.2, 0.25) is 0 Å². The fraction of sp³-hybridized carbons (Fsp3) is 0.263. The van der Waals surface area contributed by atoms with Crippen molar-refractivity contribution in [3.05, 3.63) is 54.1 Å². The van der Waals surface area contributed by atoms with Crippen LogP contribution in [-0.2, 0) is 16.1 Å². The molecule has 0 spiro atoms. The summed E-state index contributed by atoms with van der Waals surface area (Å²) in [4.78, 5) is 25.6. The number of para-hydroxylation sites is 2. The van der Waals surface area contributed by atoms with Crippen molar-refractivity contribution < 1.29 is 27.5 Å². The van der Waals surface area contributed by atoms with Crippen molar-refractivity contribution in [1.82, 2.24) is 4.90 Å². The Morgan fingerprint density at radius 1 is 1.14 bits per heavy atom. The molecule has 156 valence electrons. The van der Waals surface area contributed by atoms with E-state index < -0.39 is 12.3 Å². The Morgan fingerprint density at radius 3 is 2.48 bits per heavy atom. The molecule has 0 aliphatic carbocycles. The van der Waals surface area contributed by atoms with Crippen LogP contribution >= 0.6 is 11.8 Å². The van der Waals surface area contributed by atoms with Crippen molar-refractivity contribution in [1.29, 1.82) is 0 Å². The van der Waals surface area contributed by atoms with E-state index in [4.69, 9.17) is 5.73 Å². The minimum absolute atomic E-state index is 0.0603. The van der Waals surface area contributed by atoms with Crippen LogP contribution in [0.3, 0.4) is 0 Å². The average Bonchev–Trinajstić information content (AvgIpc) is 2.61. The molecule has 2 aromatic carbocycles. The number of alkyl halides is 3. The van der Waals surface area contributed by atoms with Gasteiger partial charge in [-0.25, -0.2) is 0 Å². The Balaban J connectivity index is 1.98. The molecule has 0 atom stereocenters. The molecule has 0 saturated carbocycles. The zero-order valence-corrected chi connectivity index (χ0v) is 16.3. The van der Waals surface area contributed by atoms with Crippen LogP contribution in [0.5, 0.6) is 5.75 Å². The highest BCUT2D eigenvalue weighted by molar-refractivity contribution is 8.00. The first-order chi connectivity index (χ1) is 13.6. The molecular formula is C19H20F3N3O3S. The minimum Gasteiger partial charge on any atom is -0.405 e. The summed E-state index contributed by atoms with van der Waals surface area (Å²) in [7, 11) is 1.61. The first-order valence-corrected chi connectivity index (χ1v) is 9.45. The molecule has 2 rings (SSSR count).